The standard InChI is InChI=1S/C25H30N4O3.HI/c1-5-26-25(28-15-19-11-9-18(2)10-12-19)29-17-20-13-14-23(27-16-20)32-24-21(30-3)7-6-8-22(24)31-4;/h6-14,16H,5,15,17H2,1-4H3,(H2,26,28,29);1H. The summed E-state index contributed by atoms with van der Waals surface area (Å²) >= 11 is 0. The van der Waals surface area contributed by atoms with Gasteiger partial charge >= 0.3 is 0 Å². The Morgan fingerprint density at radius 3 is 2.15 bits per heavy atom. The van der Waals surface area contributed by atoms with Crippen molar-refractivity contribution in [2.45, 2.75) is 26.9 Å². The number of nitrogens with one attached hydrogen (secondary N) is 2. The van der Waals surface area contributed by atoms with Gasteiger partial charge in [0.15, 0.2) is 17.5 Å². The lowest BCUT2D eigenvalue weighted by atomic mass is 10.1. The second-order valence-electron chi connectivity index (χ2n) is 7.13. The molecule has 0 aliphatic carbocycles. The summed E-state index contributed by atoms with van der Waals surface area (Å²) in [6.07, 6.45) is 1.75. The molecule has 0 aliphatic rings. The molecule has 0 atom stereocenters. The third-order valence-electron chi connectivity index (χ3n) is 4.73. The first-order valence-electron chi connectivity index (χ1n) is 10.5. The second kappa shape index (κ2) is 13.5. The Morgan fingerprint density at radius 2 is 1.58 bits per heavy atom. The smallest absolute Gasteiger partial charge is 0.219 e. The molecule has 33 heavy (non-hydrogen) atoms. The van der Waals surface area contributed by atoms with Crippen molar-refractivity contribution in [3.8, 4) is 23.1 Å². The fourth-order valence-electron chi connectivity index (χ4n) is 2.99. The molecule has 0 aliphatic heterocycles. The van der Waals surface area contributed by atoms with E-state index in [0.29, 0.717) is 36.2 Å². The summed E-state index contributed by atoms with van der Waals surface area (Å²) in [5.74, 6) is 2.85. The van der Waals surface area contributed by atoms with Gasteiger partial charge in [-0.25, -0.2) is 9.98 Å². The number of benzene rings is 2. The van der Waals surface area contributed by atoms with Crippen LogP contribution in [-0.2, 0) is 13.1 Å². The highest BCUT2D eigenvalue weighted by atomic mass is 127. The van der Waals surface area contributed by atoms with Crippen LogP contribution in [0.5, 0.6) is 23.1 Å². The molecule has 3 aromatic rings. The number of hydrogen-bond donors (Lipinski definition) is 2. The van der Waals surface area contributed by atoms with Crippen LogP contribution in [0.1, 0.15) is 23.6 Å². The van der Waals surface area contributed by atoms with E-state index in [-0.39, 0.29) is 24.0 Å². The van der Waals surface area contributed by atoms with Crippen LogP contribution >= 0.6 is 24.0 Å². The highest BCUT2D eigenvalue weighted by Crippen LogP contribution is 2.39. The van der Waals surface area contributed by atoms with Crippen LogP contribution in [-0.4, -0.2) is 31.7 Å². The van der Waals surface area contributed by atoms with E-state index in [2.05, 4.69) is 51.8 Å². The number of aliphatic imine (C=N–C) groups is 1. The van der Waals surface area contributed by atoms with Crippen LogP contribution in [0.4, 0.5) is 0 Å². The summed E-state index contributed by atoms with van der Waals surface area (Å²) in [6, 6.07) is 17.7. The first-order valence-corrected chi connectivity index (χ1v) is 10.5. The quantitative estimate of drug-likeness (QED) is 0.216. The van der Waals surface area contributed by atoms with Crippen molar-refractivity contribution in [3.05, 3.63) is 77.5 Å². The van der Waals surface area contributed by atoms with Gasteiger partial charge in [-0.2, -0.15) is 0 Å². The van der Waals surface area contributed by atoms with E-state index in [1.807, 2.05) is 37.3 Å². The first-order chi connectivity index (χ1) is 15.6. The fraction of sp³-hybridized carbons (Fsp3) is 0.280. The van der Waals surface area contributed by atoms with Crippen molar-refractivity contribution in [3.63, 3.8) is 0 Å². The van der Waals surface area contributed by atoms with E-state index < -0.39 is 0 Å². The summed E-state index contributed by atoms with van der Waals surface area (Å²) < 4.78 is 16.7. The van der Waals surface area contributed by atoms with Crippen LogP contribution < -0.4 is 24.8 Å². The molecule has 2 N–H and O–H groups in total. The number of aryl methyl sites for hydroxylation is 1. The van der Waals surface area contributed by atoms with Gasteiger partial charge in [-0.1, -0.05) is 42.0 Å². The number of nitrogens with zero attached hydrogens (tertiary/aromatic N) is 2. The molecule has 0 saturated heterocycles. The normalized spacial score (nSPS) is 10.7. The van der Waals surface area contributed by atoms with Crippen molar-refractivity contribution in [2.24, 2.45) is 4.99 Å². The third-order valence-corrected chi connectivity index (χ3v) is 4.73. The number of halogens is 1. The molecule has 3 rings (SSSR count). The minimum Gasteiger partial charge on any atom is -0.493 e. The predicted octanol–water partition coefficient (Wildman–Crippen LogP) is 5.07. The minimum absolute atomic E-state index is 0. The lowest BCUT2D eigenvalue weighted by molar-refractivity contribution is 0.342. The number of para-hydroxylation sites is 1. The predicted molar refractivity (Wildman–Crippen MR) is 142 cm³/mol. The maximum atomic E-state index is 5.92. The Balaban J connectivity index is 0.00000385. The number of hydrogen-bond acceptors (Lipinski definition) is 5. The Kier molecular flexibility index (Phi) is 10.8. The van der Waals surface area contributed by atoms with Gasteiger partial charge in [0.2, 0.25) is 11.6 Å². The Bertz CT molecular complexity index is 1000. The number of rotatable bonds is 9. The molecule has 0 saturated carbocycles. The molecule has 8 heteroatoms. The molecule has 0 spiro atoms. The van der Waals surface area contributed by atoms with Gasteiger partial charge in [-0.15, -0.1) is 24.0 Å². The molecule has 1 heterocycles. The maximum Gasteiger partial charge on any atom is 0.219 e. The fourth-order valence-corrected chi connectivity index (χ4v) is 2.99. The topological polar surface area (TPSA) is 77.0 Å². The Morgan fingerprint density at radius 1 is 0.909 bits per heavy atom. The van der Waals surface area contributed by atoms with Crippen molar-refractivity contribution >= 4 is 29.9 Å². The Hall–Kier alpha value is -3.01. The molecule has 1 aromatic heterocycles. The monoisotopic (exact) mass is 562 g/mol. The van der Waals surface area contributed by atoms with Crippen LogP contribution in [0.25, 0.3) is 0 Å². The molecular weight excluding hydrogens is 531 g/mol. The van der Waals surface area contributed by atoms with Gasteiger partial charge in [0.05, 0.1) is 20.8 Å². The van der Waals surface area contributed by atoms with E-state index in [1.165, 1.54) is 11.1 Å². The van der Waals surface area contributed by atoms with Gasteiger partial charge < -0.3 is 24.8 Å². The molecule has 176 valence electrons. The Labute approximate surface area is 212 Å². The van der Waals surface area contributed by atoms with Crippen molar-refractivity contribution in [1.29, 1.82) is 0 Å². The lowest BCUT2D eigenvalue weighted by Gasteiger charge is -2.13. The summed E-state index contributed by atoms with van der Waals surface area (Å²) in [5, 5.41) is 6.63. The maximum absolute atomic E-state index is 5.92. The summed E-state index contributed by atoms with van der Waals surface area (Å²) in [5.41, 5.74) is 3.42. The molecule has 0 bridgehead atoms. The molecule has 0 radical (unpaired) electrons. The average molecular weight is 562 g/mol. The van der Waals surface area contributed by atoms with Crippen LogP contribution in [0, 0.1) is 6.92 Å². The second-order valence-corrected chi connectivity index (χ2v) is 7.13. The number of pyridine rings is 1. The van der Waals surface area contributed by atoms with Crippen LogP contribution in [0.15, 0.2) is 65.8 Å². The zero-order chi connectivity index (χ0) is 22.8. The highest BCUT2D eigenvalue weighted by molar-refractivity contribution is 14.0. The summed E-state index contributed by atoms with van der Waals surface area (Å²) in [7, 11) is 3.18. The van der Waals surface area contributed by atoms with E-state index in [0.717, 1.165) is 18.1 Å². The van der Waals surface area contributed by atoms with Crippen molar-refractivity contribution in [2.75, 3.05) is 20.8 Å². The van der Waals surface area contributed by atoms with E-state index in [4.69, 9.17) is 14.2 Å². The van der Waals surface area contributed by atoms with Gasteiger partial charge in [0, 0.05) is 25.4 Å². The number of aromatic nitrogens is 1. The zero-order valence-corrected chi connectivity index (χ0v) is 21.8. The molecule has 7 nitrogen and oxygen atoms in total. The lowest BCUT2D eigenvalue weighted by Crippen LogP contribution is -2.36. The highest BCUT2D eigenvalue weighted by Gasteiger charge is 2.13. The molecule has 0 fully saturated rings. The molecule has 0 unspecified atom stereocenters. The zero-order valence-electron chi connectivity index (χ0n) is 19.4. The molecular formula is C25H31IN4O3. The van der Waals surface area contributed by atoms with E-state index >= 15 is 0 Å². The van der Waals surface area contributed by atoms with Crippen LogP contribution in [0.3, 0.4) is 0 Å². The SMILES string of the molecule is CCNC(=NCc1ccc(Oc2c(OC)cccc2OC)nc1)NCc1ccc(C)cc1.I. The summed E-state index contributed by atoms with van der Waals surface area (Å²) in [6.45, 7) is 6.11. The van der Waals surface area contributed by atoms with E-state index in [1.54, 1.807) is 20.4 Å². The number of methoxy groups -OCH3 is 2. The van der Waals surface area contributed by atoms with Crippen LogP contribution in [0.2, 0.25) is 0 Å². The van der Waals surface area contributed by atoms with Crippen molar-refractivity contribution < 1.29 is 14.2 Å². The average Bonchev–Trinajstić information content (AvgIpc) is 2.83. The van der Waals surface area contributed by atoms with Crippen molar-refractivity contribution in [1.82, 2.24) is 15.6 Å². The van der Waals surface area contributed by atoms with Gasteiger partial charge in [-0.05, 0) is 37.1 Å². The first kappa shape index (κ1) is 26.2. The van der Waals surface area contributed by atoms with Gasteiger partial charge in [-0.3, -0.25) is 0 Å². The van der Waals surface area contributed by atoms with E-state index in [9.17, 15) is 0 Å². The minimum atomic E-state index is 0. The van der Waals surface area contributed by atoms with Gasteiger partial charge in [0.25, 0.3) is 0 Å². The molecule has 0 amide bonds. The summed E-state index contributed by atoms with van der Waals surface area (Å²) in [4.78, 5) is 9.07. The number of ether oxygens (including phenoxy) is 3. The van der Waals surface area contributed by atoms with Gasteiger partial charge in [0.1, 0.15) is 0 Å². The molecule has 2 aromatic carbocycles. The number of guanidine groups is 1. The largest absolute Gasteiger partial charge is 0.493 e. The third kappa shape index (κ3) is 7.81.